The molecule has 3 saturated heterocycles. The van der Waals surface area contributed by atoms with Crippen molar-refractivity contribution in [1.82, 2.24) is 25.1 Å². The summed E-state index contributed by atoms with van der Waals surface area (Å²) in [6, 6.07) is 20.2. The van der Waals surface area contributed by atoms with E-state index in [4.69, 9.17) is 14.7 Å². The quantitative estimate of drug-likeness (QED) is 0.246. The number of aryl methyl sites for hydroxylation is 1. The van der Waals surface area contributed by atoms with Gasteiger partial charge in [0.2, 0.25) is 17.8 Å². The third-order valence-electron chi connectivity index (χ3n) is 14.8. The monoisotopic (exact) mass is 793 g/mol. The number of aromatic nitrogens is 2. The minimum Gasteiger partial charge on any atom is -0.508 e. The fourth-order valence-electron chi connectivity index (χ4n) is 11.9. The predicted molar refractivity (Wildman–Crippen MR) is 222 cm³/mol. The van der Waals surface area contributed by atoms with E-state index in [1.54, 1.807) is 4.90 Å². The maximum atomic E-state index is 13.4. The number of carbonyl (C=O) groups is 3. The van der Waals surface area contributed by atoms with Gasteiger partial charge in [-0.2, -0.15) is 0 Å². The third kappa shape index (κ3) is 6.42. The molecule has 0 radical (unpaired) electrons. The molecule has 304 valence electrons. The maximum absolute atomic E-state index is 13.4. The van der Waals surface area contributed by atoms with Gasteiger partial charge in [-0.25, -0.2) is 9.97 Å². The molecule has 3 aromatic carbocycles. The maximum Gasteiger partial charge on any atom is 0.255 e. The molecule has 0 bridgehead atoms. The highest BCUT2D eigenvalue weighted by Crippen LogP contribution is 2.53. The van der Waals surface area contributed by atoms with Crippen LogP contribution in [0, 0.1) is 11.3 Å². The molecule has 12 nitrogen and oxygen atoms in total. The average molecular weight is 794 g/mol. The molecule has 12 heteroatoms. The van der Waals surface area contributed by atoms with Crippen LogP contribution in [0.25, 0.3) is 0 Å². The lowest BCUT2D eigenvalue weighted by Gasteiger charge is -2.54. The number of hydrogen-bond acceptors (Lipinski definition) is 10. The van der Waals surface area contributed by atoms with Gasteiger partial charge in [-0.3, -0.25) is 24.6 Å². The Morgan fingerprint density at radius 2 is 1.68 bits per heavy atom. The molecule has 59 heavy (non-hydrogen) atoms. The number of nitrogens with one attached hydrogen (secondary N) is 1. The summed E-state index contributed by atoms with van der Waals surface area (Å²) in [5, 5.41) is 12.6. The first-order valence-corrected chi connectivity index (χ1v) is 21.7. The number of anilines is 2. The van der Waals surface area contributed by atoms with E-state index in [0.29, 0.717) is 48.1 Å². The van der Waals surface area contributed by atoms with Crippen molar-refractivity contribution in [3.63, 3.8) is 0 Å². The summed E-state index contributed by atoms with van der Waals surface area (Å²) in [4.78, 5) is 56.7. The van der Waals surface area contributed by atoms with E-state index >= 15 is 0 Å². The van der Waals surface area contributed by atoms with Gasteiger partial charge in [0.05, 0.1) is 18.3 Å². The van der Waals surface area contributed by atoms with Crippen molar-refractivity contribution in [2.45, 2.75) is 81.8 Å². The van der Waals surface area contributed by atoms with E-state index in [9.17, 15) is 19.5 Å². The van der Waals surface area contributed by atoms with Crippen LogP contribution in [0.15, 0.2) is 73.1 Å². The van der Waals surface area contributed by atoms with Gasteiger partial charge in [-0.05, 0) is 109 Å². The van der Waals surface area contributed by atoms with Crippen molar-refractivity contribution in [2.75, 3.05) is 55.7 Å². The number of benzene rings is 3. The first-order valence-electron chi connectivity index (χ1n) is 21.7. The van der Waals surface area contributed by atoms with Crippen molar-refractivity contribution >= 4 is 29.4 Å². The summed E-state index contributed by atoms with van der Waals surface area (Å²) in [5.74, 6) is 2.28. The number of fused-ring (bicyclic) bond motifs is 6. The second-order valence-corrected chi connectivity index (χ2v) is 18.3. The minimum atomic E-state index is -0.633. The molecule has 1 aromatic heterocycles. The second kappa shape index (κ2) is 14.4. The zero-order valence-electron chi connectivity index (χ0n) is 33.4. The first-order chi connectivity index (χ1) is 28.8. The van der Waals surface area contributed by atoms with E-state index in [-0.39, 0.29) is 30.2 Å². The van der Waals surface area contributed by atoms with E-state index in [2.05, 4.69) is 68.8 Å². The van der Waals surface area contributed by atoms with Crippen LogP contribution in [0.4, 0.5) is 11.6 Å². The van der Waals surface area contributed by atoms with Gasteiger partial charge in [-0.1, -0.05) is 36.4 Å². The number of phenols is 1. The Labute approximate surface area is 344 Å². The third-order valence-corrected chi connectivity index (χ3v) is 14.8. The smallest absolute Gasteiger partial charge is 0.255 e. The Morgan fingerprint density at radius 3 is 2.47 bits per heavy atom. The van der Waals surface area contributed by atoms with Crippen LogP contribution in [-0.4, -0.2) is 101 Å². The van der Waals surface area contributed by atoms with E-state index in [1.807, 2.05) is 24.3 Å². The van der Waals surface area contributed by atoms with Gasteiger partial charge in [0, 0.05) is 75.1 Å². The van der Waals surface area contributed by atoms with E-state index < -0.39 is 11.9 Å². The number of piperazine rings is 1. The van der Waals surface area contributed by atoms with Gasteiger partial charge >= 0.3 is 0 Å². The van der Waals surface area contributed by atoms with Crippen molar-refractivity contribution in [3.05, 3.63) is 106 Å². The second-order valence-electron chi connectivity index (χ2n) is 18.3. The molecule has 2 aliphatic carbocycles. The summed E-state index contributed by atoms with van der Waals surface area (Å²) in [6.45, 7) is 6.88. The van der Waals surface area contributed by atoms with E-state index in [1.165, 1.54) is 42.4 Å². The van der Waals surface area contributed by atoms with Crippen molar-refractivity contribution < 1.29 is 24.2 Å². The fourth-order valence-corrected chi connectivity index (χ4v) is 11.9. The summed E-state index contributed by atoms with van der Waals surface area (Å²) in [7, 11) is 0. The number of hydrogen-bond donors (Lipinski definition) is 2. The fraction of sp³-hybridized carbons (Fsp3) is 0.468. The van der Waals surface area contributed by atoms with Gasteiger partial charge in [0.25, 0.3) is 5.91 Å². The number of imide groups is 1. The molecule has 1 unspecified atom stereocenters. The summed E-state index contributed by atoms with van der Waals surface area (Å²) in [5.41, 5.74) is 7.88. The molecular weight excluding hydrogens is 743 g/mol. The van der Waals surface area contributed by atoms with Gasteiger partial charge in [0.15, 0.2) is 0 Å². The Kier molecular flexibility index (Phi) is 8.90. The Bertz CT molecular complexity index is 2300. The highest BCUT2D eigenvalue weighted by molar-refractivity contribution is 6.06. The normalized spacial score (nSPS) is 26.4. The summed E-state index contributed by atoms with van der Waals surface area (Å²) < 4.78 is 6.45. The number of rotatable bonds is 6. The highest BCUT2D eigenvalue weighted by atomic mass is 16.5. The van der Waals surface area contributed by atoms with Crippen LogP contribution in [0.1, 0.15) is 95.0 Å². The van der Waals surface area contributed by atoms with Crippen LogP contribution in [0.2, 0.25) is 0 Å². The Balaban J connectivity index is 0.688. The average Bonchev–Trinajstić information content (AvgIpc) is 3.58. The zero-order valence-corrected chi connectivity index (χ0v) is 33.4. The number of aromatic hydroxyl groups is 1. The van der Waals surface area contributed by atoms with E-state index in [0.717, 1.165) is 80.6 Å². The lowest BCUT2D eigenvalue weighted by atomic mass is 9.57. The molecule has 6 heterocycles. The molecule has 3 amide bonds. The van der Waals surface area contributed by atoms with Crippen LogP contribution in [-0.2, 0) is 22.6 Å². The molecule has 1 spiro atoms. The van der Waals surface area contributed by atoms with Crippen LogP contribution >= 0.6 is 0 Å². The van der Waals surface area contributed by atoms with Crippen LogP contribution < -0.4 is 19.9 Å². The number of nitrogens with zero attached hydrogens (tertiary/aromatic N) is 6. The molecular formula is C47H51N7O5. The number of phenolic OH excluding ortho intramolecular Hbond substituents is 1. The molecule has 4 fully saturated rings. The first kappa shape index (κ1) is 36.6. The molecule has 4 aromatic rings. The number of amides is 3. The Hall–Kier alpha value is -5.49. The standard InChI is InChI=1S/C47H51N7O5/c55-34-7-9-36-31(20-34)6-8-35(30-4-2-1-3-5-30)42(36)32-23-48-46(49-24-32)52-16-14-47(15-17-52)21-29(22-47)25-51-18-19-53-33(26-51)28-59-43-38-27-54(40-12-13-41(56)50-44(40)57)45(58)37(38)10-11-39(43)53/h1-5,7,9-11,20,23-24,29,33,35,40,42,55H,6,8,12-19,21-22,25-28H2,(H,50,56,57)/t33?,35-,40+,42+/m1/s1. The molecule has 11 rings (SSSR count). The molecule has 5 aliphatic heterocycles. The SMILES string of the molecule is O=C1CC[C@H](N2Cc3c(ccc4c3OCC3CN(CC5CC6(CCN(c7ncc([C@@H]8c9ccc(O)cc9CC[C@@H]8c8ccccc8)cn7)CC6)C5)CCN43)C2=O)C(=O)N1. The predicted octanol–water partition coefficient (Wildman–Crippen LogP) is 5.38. The van der Waals surface area contributed by atoms with Crippen LogP contribution in [0.3, 0.4) is 0 Å². The van der Waals surface area contributed by atoms with Crippen LogP contribution in [0.5, 0.6) is 11.5 Å². The van der Waals surface area contributed by atoms with Gasteiger partial charge in [0.1, 0.15) is 24.1 Å². The summed E-state index contributed by atoms with van der Waals surface area (Å²) in [6.07, 6.45) is 11.6. The number of carbonyl (C=O) groups excluding carboxylic acids is 3. The highest BCUT2D eigenvalue weighted by Gasteiger charge is 2.48. The lowest BCUT2D eigenvalue weighted by Crippen LogP contribution is -2.59. The number of piperidine rings is 2. The Morgan fingerprint density at radius 1 is 0.864 bits per heavy atom. The van der Waals surface area contributed by atoms with Crippen molar-refractivity contribution in [1.29, 1.82) is 0 Å². The molecule has 1 saturated carbocycles. The summed E-state index contributed by atoms with van der Waals surface area (Å²) >= 11 is 0. The lowest BCUT2D eigenvalue weighted by molar-refractivity contribution is -0.136. The minimum absolute atomic E-state index is 0.143. The van der Waals surface area contributed by atoms with Crippen molar-refractivity contribution in [3.8, 4) is 11.5 Å². The largest absolute Gasteiger partial charge is 0.508 e. The van der Waals surface area contributed by atoms with Crippen molar-refractivity contribution in [2.24, 2.45) is 11.3 Å². The molecule has 7 aliphatic rings. The topological polar surface area (TPSA) is 131 Å². The van der Waals surface area contributed by atoms with Gasteiger partial charge in [-0.15, -0.1) is 0 Å². The molecule has 4 atom stereocenters. The zero-order chi connectivity index (χ0) is 39.8. The molecule has 2 N–H and O–H groups in total. The number of ether oxygens (including phenoxy) is 1. The van der Waals surface area contributed by atoms with Gasteiger partial charge < -0.3 is 24.5 Å².